The molecule has 3 heterocycles. The zero-order chi connectivity index (χ0) is 47.9. The molecule has 16 N–H and O–H groups in total. The molecule has 3 fully saturated rings. The molecule has 3 aliphatic heterocycles. The molecule has 0 spiro atoms. The standard InChI is InChI=1S/C38H56N8O18/c1-14-12-46-27(28(14)53)35(60)44-33(58)22(50)11-20(39)31(56)41-24(15(2)47)36(61)45-13-18(49)10-21(45)32(57)43-26(34(59)42-25(16(3)48)37(46)62)30(55)29(54)17-4-6-19(7-5-17)64-38(63)40-9-8-23(51)52/h4-7,14-16,18,20-22,24-30,33,47-50,53-55,58H,8-13,39H2,1-3H3,(H,40,63)(H,41,56)(H,42,59)(H,43,57)(H,44,60)(H,51,52)/t14-,15-,16-,18-,20+,21+,22-,24+,25+,26+,27+,28-,29+,30+,33-/m1/s1. The number of carboxylic acid groups (broad SMARTS) is 1. The van der Waals surface area contributed by atoms with Crippen molar-refractivity contribution >= 4 is 47.5 Å². The number of hydrogen-bond acceptors (Lipinski definition) is 18. The van der Waals surface area contributed by atoms with Gasteiger partial charge in [-0.25, -0.2) is 4.79 Å². The number of nitrogens with two attached hydrogens (primary N) is 1. The molecular weight excluding hydrogens is 856 g/mol. The fourth-order valence-electron chi connectivity index (χ4n) is 7.40. The van der Waals surface area contributed by atoms with Crippen LogP contribution >= 0.6 is 0 Å². The Morgan fingerprint density at radius 2 is 1.34 bits per heavy atom. The molecule has 0 radical (unpaired) electrons. The first-order valence-corrected chi connectivity index (χ1v) is 20.2. The van der Waals surface area contributed by atoms with Gasteiger partial charge in [0.15, 0.2) is 6.23 Å². The molecule has 0 aliphatic carbocycles. The highest BCUT2D eigenvalue weighted by Crippen LogP contribution is 2.27. The first-order chi connectivity index (χ1) is 29.9. The van der Waals surface area contributed by atoms with E-state index in [1.165, 1.54) is 6.92 Å². The van der Waals surface area contributed by atoms with Gasteiger partial charge in [0.25, 0.3) is 0 Å². The molecule has 0 aromatic heterocycles. The van der Waals surface area contributed by atoms with Gasteiger partial charge in [-0.05, 0) is 31.5 Å². The van der Waals surface area contributed by atoms with Crippen LogP contribution in [0, 0.1) is 5.92 Å². The number of fused-ring (bicyclic) bond motifs is 2. The number of aliphatic hydroxyl groups excluding tert-OH is 8. The van der Waals surface area contributed by atoms with E-state index in [0.717, 1.165) is 47.9 Å². The van der Waals surface area contributed by atoms with Crippen molar-refractivity contribution in [2.75, 3.05) is 19.6 Å². The van der Waals surface area contributed by atoms with Gasteiger partial charge in [-0.15, -0.1) is 0 Å². The molecule has 0 unspecified atom stereocenters. The maximum atomic E-state index is 14.2. The Hall–Kier alpha value is -5.58. The number of nitrogens with one attached hydrogen (secondary N) is 5. The van der Waals surface area contributed by atoms with Gasteiger partial charge in [0, 0.05) is 38.4 Å². The maximum absolute atomic E-state index is 14.2. The predicted octanol–water partition coefficient (Wildman–Crippen LogP) is -7.44. The summed E-state index contributed by atoms with van der Waals surface area (Å²) in [6, 6.07) is -6.72. The van der Waals surface area contributed by atoms with E-state index in [4.69, 9.17) is 15.6 Å². The lowest BCUT2D eigenvalue weighted by Crippen LogP contribution is -2.64. The third kappa shape index (κ3) is 12.4. The van der Waals surface area contributed by atoms with Gasteiger partial charge in [-0.2, -0.15) is 0 Å². The molecule has 64 heavy (non-hydrogen) atoms. The fraction of sp³-hybridized carbons (Fsp3) is 0.632. The lowest BCUT2D eigenvalue weighted by molar-refractivity contribution is -0.148. The third-order valence-corrected chi connectivity index (χ3v) is 11.0. The number of carbonyl (C=O) groups excluding carboxylic acids is 7. The molecule has 1 aromatic rings. The van der Waals surface area contributed by atoms with Gasteiger partial charge in [-0.1, -0.05) is 19.1 Å². The van der Waals surface area contributed by atoms with E-state index in [9.17, 15) is 79.2 Å². The molecule has 3 aliphatic rings. The second-order valence-corrected chi connectivity index (χ2v) is 16.1. The molecule has 7 amide bonds. The zero-order valence-electron chi connectivity index (χ0n) is 34.9. The van der Waals surface area contributed by atoms with Crippen LogP contribution in [0.1, 0.15) is 51.7 Å². The average Bonchev–Trinajstić information content (AvgIpc) is 3.77. The monoisotopic (exact) mass is 912 g/mol. The lowest BCUT2D eigenvalue weighted by atomic mass is 9.96. The number of ether oxygens (including phenoxy) is 1. The molecule has 0 bridgehead atoms. The number of rotatable bonds is 9. The van der Waals surface area contributed by atoms with E-state index in [1.807, 2.05) is 5.32 Å². The predicted molar refractivity (Wildman–Crippen MR) is 212 cm³/mol. The summed E-state index contributed by atoms with van der Waals surface area (Å²) >= 11 is 0. The molecular formula is C38H56N8O18. The minimum absolute atomic E-state index is 0.113. The number of hydrogen-bond donors (Lipinski definition) is 15. The summed E-state index contributed by atoms with van der Waals surface area (Å²) in [5, 5.41) is 107. The van der Waals surface area contributed by atoms with Crippen molar-refractivity contribution < 1.29 is 89.1 Å². The lowest BCUT2D eigenvalue weighted by Gasteiger charge is -2.34. The molecule has 0 saturated carbocycles. The van der Waals surface area contributed by atoms with Crippen LogP contribution in [-0.4, -0.2) is 202 Å². The molecule has 3 saturated heterocycles. The highest BCUT2D eigenvalue weighted by Gasteiger charge is 2.50. The minimum Gasteiger partial charge on any atom is -0.481 e. The van der Waals surface area contributed by atoms with Crippen molar-refractivity contribution in [2.45, 2.75) is 125 Å². The number of aliphatic hydroxyl groups is 8. The maximum Gasteiger partial charge on any atom is 0.412 e. The van der Waals surface area contributed by atoms with E-state index in [0.29, 0.717) is 0 Å². The van der Waals surface area contributed by atoms with Crippen LogP contribution in [0.2, 0.25) is 0 Å². The molecule has 4 rings (SSSR count). The number of carbonyl (C=O) groups is 8. The summed E-state index contributed by atoms with van der Waals surface area (Å²) in [5.74, 6) is -9.49. The van der Waals surface area contributed by atoms with Crippen molar-refractivity contribution in [3.8, 4) is 5.75 Å². The largest absolute Gasteiger partial charge is 0.481 e. The van der Waals surface area contributed by atoms with Gasteiger partial charge in [0.05, 0.1) is 36.9 Å². The summed E-state index contributed by atoms with van der Waals surface area (Å²) in [4.78, 5) is 107. The van der Waals surface area contributed by atoms with Crippen LogP contribution in [-0.2, 0) is 33.6 Å². The van der Waals surface area contributed by atoms with Gasteiger partial charge in [0.1, 0.15) is 54.3 Å². The van der Waals surface area contributed by atoms with E-state index >= 15 is 0 Å². The van der Waals surface area contributed by atoms with Gasteiger partial charge >= 0.3 is 12.1 Å². The first kappa shape index (κ1) is 51.1. The number of aliphatic carboxylic acids is 1. The Balaban J connectivity index is 1.75. The average molecular weight is 913 g/mol. The Morgan fingerprint density at radius 3 is 1.92 bits per heavy atom. The van der Waals surface area contributed by atoms with E-state index in [-0.39, 0.29) is 24.4 Å². The molecule has 15 atom stereocenters. The Bertz CT molecular complexity index is 1890. The molecule has 26 nitrogen and oxygen atoms in total. The normalized spacial score (nSPS) is 32.0. The van der Waals surface area contributed by atoms with Crippen molar-refractivity contribution in [2.24, 2.45) is 11.7 Å². The fourth-order valence-corrected chi connectivity index (χ4v) is 7.40. The highest BCUT2D eigenvalue weighted by molar-refractivity contribution is 5.98. The van der Waals surface area contributed by atoms with Crippen LogP contribution in [0.4, 0.5) is 4.79 Å². The minimum atomic E-state index is -2.34. The van der Waals surface area contributed by atoms with Crippen LogP contribution < -0.4 is 37.1 Å². The highest BCUT2D eigenvalue weighted by atomic mass is 16.6. The van der Waals surface area contributed by atoms with Crippen molar-refractivity contribution in [1.82, 2.24) is 36.4 Å². The van der Waals surface area contributed by atoms with E-state index < -0.39 is 164 Å². The SMILES string of the molecule is C[C@@H]1CN2C(=O)[C@H]([C@@H](C)O)NC(=O)[C@H]([C@H](O)[C@@H](O)c3ccc(OC(=O)NCCC(=O)O)cc3)NC(=O)[C@@H]3C[C@@H](O)CN3C(=O)[C@H]([C@@H](C)O)NC(=O)[C@@H](N)C[C@@H](O)[C@@H](O)NC(=O)[C@@H]2[C@@H]1O. The topological polar surface area (TPSA) is 421 Å². The Morgan fingerprint density at radius 1 is 0.781 bits per heavy atom. The Kier molecular flexibility index (Phi) is 17.4. The number of amides is 7. The smallest absolute Gasteiger partial charge is 0.412 e. The molecule has 356 valence electrons. The van der Waals surface area contributed by atoms with Crippen LogP contribution in [0.25, 0.3) is 0 Å². The summed E-state index contributed by atoms with van der Waals surface area (Å²) in [6.45, 7) is 2.45. The first-order valence-electron chi connectivity index (χ1n) is 20.2. The summed E-state index contributed by atoms with van der Waals surface area (Å²) in [6.07, 6.45) is -17.7. The van der Waals surface area contributed by atoms with Crippen molar-refractivity contribution in [3.63, 3.8) is 0 Å². The van der Waals surface area contributed by atoms with E-state index in [2.05, 4.69) is 21.3 Å². The van der Waals surface area contributed by atoms with Crippen LogP contribution in [0.5, 0.6) is 5.75 Å². The second-order valence-electron chi connectivity index (χ2n) is 16.1. The van der Waals surface area contributed by atoms with Crippen molar-refractivity contribution in [3.05, 3.63) is 29.8 Å². The summed E-state index contributed by atoms with van der Waals surface area (Å²) in [7, 11) is 0. The number of carboxylic acids is 1. The molecule has 26 heteroatoms. The Labute approximate surface area is 364 Å². The summed E-state index contributed by atoms with van der Waals surface area (Å²) < 4.78 is 5.05. The van der Waals surface area contributed by atoms with Crippen LogP contribution in [0.15, 0.2) is 24.3 Å². The van der Waals surface area contributed by atoms with Gasteiger partial charge < -0.3 is 92.8 Å². The van der Waals surface area contributed by atoms with Crippen molar-refractivity contribution in [1.29, 1.82) is 0 Å². The van der Waals surface area contributed by atoms with Crippen LogP contribution in [0.3, 0.4) is 0 Å². The molecule has 1 aromatic carbocycles. The van der Waals surface area contributed by atoms with Gasteiger partial charge in [0.2, 0.25) is 35.4 Å². The zero-order valence-corrected chi connectivity index (χ0v) is 34.9. The van der Waals surface area contributed by atoms with Gasteiger partial charge in [-0.3, -0.25) is 33.6 Å². The quantitative estimate of drug-likeness (QED) is 0.109. The number of nitrogens with zero attached hydrogens (tertiary/aromatic N) is 2. The second kappa shape index (κ2) is 21.9. The number of benzene rings is 1. The van der Waals surface area contributed by atoms with E-state index in [1.54, 1.807) is 0 Å². The third-order valence-electron chi connectivity index (χ3n) is 11.0. The summed E-state index contributed by atoms with van der Waals surface area (Å²) in [5.41, 5.74) is 5.80.